The first-order chi connectivity index (χ1) is 11.7. The van der Waals surface area contributed by atoms with E-state index in [9.17, 15) is 19.8 Å². The largest absolute Gasteiger partial charge is 0.508 e. The lowest BCUT2D eigenvalue weighted by Crippen LogP contribution is -2.48. The minimum atomic E-state index is -0.583. The van der Waals surface area contributed by atoms with E-state index >= 15 is 0 Å². The van der Waals surface area contributed by atoms with Crippen molar-refractivity contribution in [2.75, 3.05) is 0 Å². The molecule has 25 heavy (non-hydrogen) atoms. The van der Waals surface area contributed by atoms with E-state index < -0.39 is 17.1 Å². The third-order valence-corrected chi connectivity index (χ3v) is 5.61. The van der Waals surface area contributed by atoms with Crippen molar-refractivity contribution in [1.29, 1.82) is 0 Å². The maximum Gasteiger partial charge on any atom is 0.232 e. The first-order valence-corrected chi connectivity index (χ1v) is 8.46. The number of rotatable bonds is 0. The Kier molecular flexibility index (Phi) is 3.17. The minimum absolute atomic E-state index is 0.0377. The number of phenolic OH excluding ortho intramolecular Hbond substituents is 2. The van der Waals surface area contributed by atoms with Gasteiger partial charge in [0.05, 0.1) is 11.1 Å². The zero-order chi connectivity index (χ0) is 18.1. The first-order valence-electron chi connectivity index (χ1n) is 8.46. The Morgan fingerprint density at radius 1 is 1.16 bits per heavy atom. The summed E-state index contributed by atoms with van der Waals surface area (Å²) in [5.74, 6) is -1.56. The third kappa shape index (κ3) is 2.15. The van der Waals surface area contributed by atoms with E-state index in [1.54, 1.807) is 0 Å². The molecule has 130 valence electrons. The average Bonchev–Trinajstić information content (AvgIpc) is 2.51. The van der Waals surface area contributed by atoms with Gasteiger partial charge in [-0.3, -0.25) is 9.59 Å². The van der Waals surface area contributed by atoms with Crippen LogP contribution in [0.15, 0.2) is 35.1 Å². The smallest absolute Gasteiger partial charge is 0.232 e. The van der Waals surface area contributed by atoms with Crippen molar-refractivity contribution in [1.82, 2.24) is 0 Å². The van der Waals surface area contributed by atoms with Crippen molar-refractivity contribution in [3.63, 3.8) is 0 Å². The zero-order valence-electron chi connectivity index (χ0n) is 14.4. The number of carbonyl (C=O) groups is 2. The van der Waals surface area contributed by atoms with Crippen LogP contribution < -0.4 is 0 Å². The fraction of sp³-hybridized carbons (Fsp3) is 0.400. The average molecular weight is 340 g/mol. The highest BCUT2D eigenvalue weighted by molar-refractivity contribution is 6.27. The summed E-state index contributed by atoms with van der Waals surface area (Å²) >= 11 is 0. The van der Waals surface area contributed by atoms with Gasteiger partial charge in [0.25, 0.3) is 0 Å². The molecule has 1 heterocycles. The Labute approximate surface area is 145 Å². The fourth-order valence-electron chi connectivity index (χ4n) is 4.39. The number of benzene rings is 1. The maximum absolute atomic E-state index is 13.1. The lowest BCUT2D eigenvalue weighted by molar-refractivity contribution is -0.0493. The van der Waals surface area contributed by atoms with Crippen molar-refractivity contribution in [2.45, 2.75) is 39.2 Å². The molecule has 0 amide bonds. The number of hydrogen-bond donors (Lipinski definition) is 2. The van der Waals surface area contributed by atoms with Gasteiger partial charge in [0.2, 0.25) is 5.78 Å². The molecule has 5 heteroatoms. The molecule has 3 aliphatic rings. The Bertz CT molecular complexity index is 888. The summed E-state index contributed by atoms with van der Waals surface area (Å²) in [7, 11) is 0. The van der Waals surface area contributed by atoms with E-state index in [1.807, 2.05) is 20.8 Å². The molecule has 2 aliphatic carbocycles. The molecule has 0 spiro atoms. The van der Waals surface area contributed by atoms with Gasteiger partial charge in [0, 0.05) is 23.5 Å². The minimum Gasteiger partial charge on any atom is -0.508 e. The number of carbonyl (C=O) groups excluding carboxylic acids is 2. The molecule has 5 nitrogen and oxygen atoms in total. The number of fused-ring (bicyclic) bond motifs is 3. The summed E-state index contributed by atoms with van der Waals surface area (Å²) in [6.07, 6.45) is 3.89. The normalized spacial score (nSPS) is 27.1. The molecular formula is C20H20O5. The van der Waals surface area contributed by atoms with Gasteiger partial charge >= 0.3 is 0 Å². The highest BCUT2D eigenvalue weighted by Crippen LogP contribution is 2.50. The molecular weight excluding hydrogens is 320 g/mol. The number of ether oxygens (including phenoxy) is 1. The van der Waals surface area contributed by atoms with E-state index in [4.69, 9.17) is 4.74 Å². The van der Waals surface area contributed by atoms with Crippen LogP contribution >= 0.6 is 0 Å². The summed E-state index contributed by atoms with van der Waals surface area (Å²) in [5, 5.41) is 19.8. The van der Waals surface area contributed by atoms with Crippen LogP contribution in [0.4, 0.5) is 0 Å². The van der Waals surface area contributed by atoms with Crippen molar-refractivity contribution in [2.24, 2.45) is 11.8 Å². The van der Waals surface area contributed by atoms with Gasteiger partial charge in [0.15, 0.2) is 11.5 Å². The topological polar surface area (TPSA) is 83.8 Å². The van der Waals surface area contributed by atoms with E-state index in [2.05, 4.69) is 6.08 Å². The first kappa shape index (κ1) is 15.9. The van der Waals surface area contributed by atoms with E-state index in [-0.39, 0.29) is 40.3 Å². The van der Waals surface area contributed by atoms with Crippen molar-refractivity contribution >= 4 is 11.6 Å². The standard InChI is InChI=1S/C20H20O5/c1-9-4-5-13-11(6-9)16-17(23)12-7-10(21)8-14(22)15(12)18(24)19(16)25-20(13,2)3/h6-8,11,13,21-22H,4-5H2,1-3H3/t11-,13-/m0/s1. The summed E-state index contributed by atoms with van der Waals surface area (Å²) in [5.41, 5.74) is 0.912. The molecule has 0 saturated carbocycles. The highest BCUT2D eigenvalue weighted by atomic mass is 16.5. The lowest BCUT2D eigenvalue weighted by atomic mass is 9.65. The van der Waals surface area contributed by atoms with Gasteiger partial charge in [-0.2, -0.15) is 0 Å². The Balaban J connectivity index is 1.97. The molecule has 0 aromatic heterocycles. The lowest BCUT2D eigenvalue weighted by Gasteiger charge is -2.47. The summed E-state index contributed by atoms with van der Waals surface area (Å²) in [6.45, 7) is 5.90. The molecule has 0 saturated heterocycles. The highest BCUT2D eigenvalue weighted by Gasteiger charge is 2.51. The van der Waals surface area contributed by atoms with Crippen molar-refractivity contribution < 1.29 is 24.5 Å². The molecule has 0 radical (unpaired) electrons. The molecule has 1 aliphatic heterocycles. The van der Waals surface area contributed by atoms with E-state index in [0.29, 0.717) is 5.57 Å². The van der Waals surface area contributed by atoms with Gasteiger partial charge in [-0.15, -0.1) is 0 Å². The van der Waals surface area contributed by atoms with Crippen molar-refractivity contribution in [3.8, 4) is 11.5 Å². The van der Waals surface area contributed by atoms with Gasteiger partial charge < -0.3 is 14.9 Å². The van der Waals surface area contributed by atoms with Crippen LogP contribution in [0.2, 0.25) is 0 Å². The molecule has 2 atom stereocenters. The third-order valence-electron chi connectivity index (χ3n) is 5.61. The summed E-state index contributed by atoms with van der Waals surface area (Å²) < 4.78 is 6.01. The van der Waals surface area contributed by atoms with Crippen LogP contribution in [0.3, 0.4) is 0 Å². The Morgan fingerprint density at radius 2 is 1.88 bits per heavy atom. The molecule has 1 aromatic carbocycles. The SMILES string of the molecule is CC1=C[C@@H]2C3=C(OC(C)(C)[C@H]2CC1)C(=O)c1c(O)cc(O)cc1C3=O. The second-order valence-electron chi connectivity index (χ2n) is 7.68. The number of phenols is 2. The second-order valence-corrected chi connectivity index (χ2v) is 7.68. The second kappa shape index (κ2) is 4.97. The predicted molar refractivity (Wildman–Crippen MR) is 90.6 cm³/mol. The molecule has 0 fully saturated rings. The van der Waals surface area contributed by atoms with E-state index in [1.165, 1.54) is 11.6 Å². The monoisotopic (exact) mass is 340 g/mol. The van der Waals surface area contributed by atoms with Crippen LogP contribution in [0, 0.1) is 11.8 Å². The maximum atomic E-state index is 13.1. The molecule has 2 N–H and O–H groups in total. The zero-order valence-corrected chi connectivity index (χ0v) is 14.4. The van der Waals surface area contributed by atoms with Crippen LogP contribution in [0.25, 0.3) is 0 Å². The van der Waals surface area contributed by atoms with Crippen molar-refractivity contribution in [3.05, 3.63) is 46.2 Å². The van der Waals surface area contributed by atoms with Gasteiger partial charge in [0.1, 0.15) is 17.1 Å². The van der Waals surface area contributed by atoms with Gasteiger partial charge in [-0.1, -0.05) is 11.6 Å². The Hall–Kier alpha value is -2.56. The van der Waals surface area contributed by atoms with E-state index in [0.717, 1.165) is 18.9 Å². The number of hydrogen-bond acceptors (Lipinski definition) is 5. The van der Waals surface area contributed by atoms with Crippen LogP contribution in [0.1, 0.15) is 54.3 Å². The quantitative estimate of drug-likeness (QED) is 0.706. The van der Waals surface area contributed by atoms with Crippen LogP contribution in [-0.4, -0.2) is 27.4 Å². The number of allylic oxidation sites excluding steroid dienone is 4. The Morgan fingerprint density at radius 3 is 2.60 bits per heavy atom. The van der Waals surface area contributed by atoms with Gasteiger partial charge in [-0.05, 0) is 39.7 Å². The number of Topliss-reactive ketones (excluding diaryl/α,β-unsaturated/α-hetero) is 2. The predicted octanol–water partition coefficient (Wildman–Crippen LogP) is 3.51. The van der Waals surface area contributed by atoms with Crippen LogP contribution in [-0.2, 0) is 4.74 Å². The van der Waals surface area contributed by atoms with Crippen LogP contribution in [0.5, 0.6) is 11.5 Å². The molecule has 0 bridgehead atoms. The summed E-state index contributed by atoms with van der Waals surface area (Å²) in [6, 6.07) is 2.31. The summed E-state index contributed by atoms with van der Waals surface area (Å²) in [4.78, 5) is 26.1. The fourth-order valence-corrected chi connectivity index (χ4v) is 4.39. The van der Waals surface area contributed by atoms with Gasteiger partial charge in [-0.25, -0.2) is 0 Å². The number of aromatic hydroxyl groups is 2. The number of ketones is 2. The molecule has 4 rings (SSSR count). The molecule has 1 aromatic rings. The molecule has 0 unspecified atom stereocenters.